The molecule has 1 saturated heterocycles. The van der Waals surface area contributed by atoms with Crippen molar-refractivity contribution >= 4 is 9.84 Å². The Morgan fingerprint density at radius 2 is 2.11 bits per heavy atom. The topological polar surface area (TPSA) is 93.1 Å². The molecule has 106 valence electrons. The van der Waals surface area contributed by atoms with E-state index in [0.29, 0.717) is 17.1 Å². The smallest absolute Gasteiger partial charge is 0.156 e. The molecule has 1 heterocycles. The molecular formula is C12H16O6S. The van der Waals surface area contributed by atoms with Crippen molar-refractivity contribution in [3.63, 3.8) is 0 Å². The molecule has 0 bridgehead atoms. The standard InChI is InChI=1S/C12H16O6S/c1-17-9-3-2-8(5-13)11(4-9)18-12-7-19(15,16)6-10(12)14/h2-4,10,12-14H,5-7H2,1H3. The number of sulfone groups is 1. The van der Waals surface area contributed by atoms with Crippen LogP contribution >= 0.6 is 0 Å². The summed E-state index contributed by atoms with van der Waals surface area (Å²) in [5.74, 6) is 0.331. The van der Waals surface area contributed by atoms with Crippen molar-refractivity contribution in [2.75, 3.05) is 18.6 Å². The van der Waals surface area contributed by atoms with Crippen molar-refractivity contribution in [2.24, 2.45) is 0 Å². The molecule has 2 atom stereocenters. The Hall–Kier alpha value is -1.31. The zero-order valence-electron chi connectivity index (χ0n) is 10.4. The van der Waals surface area contributed by atoms with Gasteiger partial charge in [0.25, 0.3) is 0 Å². The Bertz CT molecular complexity index is 553. The average molecular weight is 288 g/mol. The van der Waals surface area contributed by atoms with Gasteiger partial charge in [0.1, 0.15) is 23.7 Å². The SMILES string of the molecule is COc1ccc(CO)c(OC2CS(=O)(=O)CC2O)c1. The van der Waals surface area contributed by atoms with Crippen molar-refractivity contribution < 1.29 is 28.1 Å². The summed E-state index contributed by atoms with van der Waals surface area (Å²) in [7, 11) is -1.78. The van der Waals surface area contributed by atoms with Crippen LogP contribution < -0.4 is 9.47 Å². The molecule has 0 spiro atoms. The molecule has 2 rings (SSSR count). The first kappa shape index (κ1) is 14.1. The molecule has 1 aromatic rings. The number of methoxy groups -OCH3 is 1. The van der Waals surface area contributed by atoms with E-state index in [-0.39, 0.29) is 18.1 Å². The molecule has 2 N–H and O–H groups in total. The summed E-state index contributed by atoms with van der Waals surface area (Å²) in [5.41, 5.74) is 0.511. The van der Waals surface area contributed by atoms with Gasteiger partial charge < -0.3 is 19.7 Å². The highest BCUT2D eigenvalue weighted by Crippen LogP contribution is 2.28. The maximum absolute atomic E-state index is 11.4. The molecule has 0 aliphatic carbocycles. The zero-order chi connectivity index (χ0) is 14.0. The van der Waals surface area contributed by atoms with Gasteiger partial charge in [-0.2, -0.15) is 0 Å². The van der Waals surface area contributed by atoms with Gasteiger partial charge in [0, 0.05) is 11.6 Å². The predicted octanol–water partition coefficient (Wildman–Crippen LogP) is -0.276. The molecule has 1 fully saturated rings. The number of rotatable bonds is 4. The summed E-state index contributed by atoms with van der Waals surface area (Å²) in [5, 5.41) is 18.9. The minimum Gasteiger partial charge on any atom is -0.497 e. The quantitative estimate of drug-likeness (QED) is 0.792. The average Bonchev–Trinajstić information content (AvgIpc) is 2.62. The van der Waals surface area contributed by atoms with E-state index in [4.69, 9.17) is 9.47 Å². The first-order chi connectivity index (χ1) is 8.95. The second-order valence-corrected chi connectivity index (χ2v) is 6.59. The fourth-order valence-electron chi connectivity index (χ4n) is 1.97. The van der Waals surface area contributed by atoms with E-state index in [2.05, 4.69) is 0 Å². The number of hydrogen-bond acceptors (Lipinski definition) is 6. The molecule has 1 aromatic carbocycles. The van der Waals surface area contributed by atoms with E-state index in [1.54, 1.807) is 18.2 Å². The summed E-state index contributed by atoms with van der Waals surface area (Å²) in [6, 6.07) is 4.85. The summed E-state index contributed by atoms with van der Waals surface area (Å²) in [6.45, 7) is -0.241. The van der Waals surface area contributed by atoms with Gasteiger partial charge in [0.05, 0.1) is 25.2 Å². The lowest BCUT2D eigenvalue weighted by Gasteiger charge is -2.18. The van der Waals surface area contributed by atoms with Crippen LogP contribution in [0.5, 0.6) is 11.5 Å². The fourth-order valence-corrected chi connectivity index (χ4v) is 3.64. The van der Waals surface area contributed by atoms with Gasteiger partial charge in [-0.05, 0) is 12.1 Å². The molecule has 7 heteroatoms. The third-order valence-corrected chi connectivity index (χ3v) is 4.68. The van der Waals surface area contributed by atoms with Crippen molar-refractivity contribution in [1.29, 1.82) is 0 Å². The number of benzene rings is 1. The highest BCUT2D eigenvalue weighted by molar-refractivity contribution is 7.91. The molecule has 0 saturated carbocycles. The molecule has 1 aliphatic rings. The summed E-state index contributed by atoms with van der Waals surface area (Å²) < 4.78 is 33.4. The normalized spacial score (nSPS) is 25.2. The maximum atomic E-state index is 11.4. The van der Waals surface area contributed by atoms with E-state index >= 15 is 0 Å². The highest BCUT2D eigenvalue weighted by Gasteiger charge is 2.38. The number of aliphatic hydroxyl groups is 2. The van der Waals surface area contributed by atoms with Gasteiger partial charge >= 0.3 is 0 Å². The monoisotopic (exact) mass is 288 g/mol. The van der Waals surface area contributed by atoms with Crippen LogP contribution in [0.15, 0.2) is 18.2 Å². The Kier molecular flexibility index (Phi) is 3.98. The maximum Gasteiger partial charge on any atom is 0.156 e. The minimum atomic E-state index is -3.27. The molecule has 2 unspecified atom stereocenters. The van der Waals surface area contributed by atoms with Crippen molar-refractivity contribution in [2.45, 2.75) is 18.8 Å². The lowest BCUT2D eigenvalue weighted by Crippen LogP contribution is -2.30. The van der Waals surface area contributed by atoms with Crippen LogP contribution in [0.25, 0.3) is 0 Å². The lowest BCUT2D eigenvalue weighted by molar-refractivity contribution is 0.0719. The second kappa shape index (κ2) is 5.36. The van der Waals surface area contributed by atoms with Crippen LogP contribution in [0.1, 0.15) is 5.56 Å². The Labute approximate surface area is 111 Å². The van der Waals surface area contributed by atoms with Crippen LogP contribution in [-0.2, 0) is 16.4 Å². The van der Waals surface area contributed by atoms with Crippen LogP contribution in [0.2, 0.25) is 0 Å². The van der Waals surface area contributed by atoms with Crippen molar-refractivity contribution in [3.05, 3.63) is 23.8 Å². The first-order valence-corrected chi connectivity index (χ1v) is 7.60. The van der Waals surface area contributed by atoms with Gasteiger partial charge in [-0.15, -0.1) is 0 Å². The fraction of sp³-hybridized carbons (Fsp3) is 0.500. The highest BCUT2D eigenvalue weighted by atomic mass is 32.2. The minimum absolute atomic E-state index is 0.226. The zero-order valence-corrected chi connectivity index (χ0v) is 11.3. The third-order valence-electron chi connectivity index (χ3n) is 3.00. The van der Waals surface area contributed by atoms with Gasteiger partial charge in [0.15, 0.2) is 9.84 Å². The summed E-state index contributed by atoms with van der Waals surface area (Å²) >= 11 is 0. The number of aliphatic hydroxyl groups excluding tert-OH is 2. The molecule has 0 aromatic heterocycles. The van der Waals surface area contributed by atoms with E-state index < -0.39 is 22.0 Å². The molecule has 6 nitrogen and oxygen atoms in total. The Morgan fingerprint density at radius 1 is 1.37 bits per heavy atom. The number of hydrogen-bond donors (Lipinski definition) is 2. The molecule has 1 aliphatic heterocycles. The van der Waals surface area contributed by atoms with Crippen LogP contribution in [0.3, 0.4) is 0 Å². The Balaban J connectivity index is 2.23. The van der Waals surface area contributed by atoms with E-state index in [9.17, 15) is 18.6 Å². The van der Waals surface area contributed by atoms with E-state index in [1.807, 2.05) is 0 Å². The van der Waals surface area contributed by atoms with Crippen LogP contribution in [-0.4, -0.2) is 49.5 Å². The second-order valence-electron chi connectivity index (χ2n) is 4.43. The van der Waals surface area contributed by atoms with E-state index in [1.165, 1.54) is 7.11 Å². The largest absolute Gasteiger partial charge is 0.497 e. The number of ether oxygens (including phenoxy) is 2. The third kappa shape index (κ3) is 3.17. The lowest BCUT2D eigenvalue weighted by atomic mass is 10.2. The van der Waals surface area contributed by atoms with Crippen molar-refractivity contribution in [3.8, 4) is 11.5 Å². The predicted molar refractivity (Wildman–Crippen MR) is 68.0 cm³/mol. The van der Waals surface area contributed by atoms with E-state index in [0.717, 1.165) is 0 Å². The molecular weight excluding hydrogens is 272 g/mol. The summed E-state index contributed by atoms with van der Waals surface area (Å²) in [6.07, 6.45) is -1.87. The van der Waals surface area contributed by atoms with Gasteiger partial charge in [-0.1, -0.05) is 0 Å². The molecule has 19 heavy (non-hydrogen) atoms. The van der Waals surface area contributed by atoms with Crippen LogP contribution in [0.4, 0.5) is 0 Å². The first-order valence-electron chi connectivity index (χ1n) is 5.78. The van der Waals surface area contributed by atoms with Gasteiger partial charge in [0.2, 0.25) is 0 Å². The van der Waals surface area contributed by atoms with Gasteiger partial charge in [-0.25, -0.2) is 8.42 Å². The Morgan fingerprint density at radius 3 is 2.63 bits per heavy atom. The molecule has 0 radical (unpaired) electrons. The van der Waals surface area contributed by atoms with Gasteiger partial charge in [-0.3, -0.25) is 0 Å². The summed E-state index contributed by atoms with van der Waals surface area (Å²) in [4.78, 5) is 0. The van der Waals surface area contributed by atoms with Crippen molar-refractivity contribution in [1.82, 2.24) is 0 Å². The molecule has 0 amide bonds. The van der Waals surface area contributed by atoms with Crippen LogP contribution in [0, 0.1) is 0 Å².